The molecular weight excluding hydrogens is 412 g/mol. The van der Waals surface area contributed by atoms with Crippen LogP contribution in [0.15, 0.2) is 34.9 Å². The van der Waals surface area contributed by atoms with Crippen molar-refractivity contribution in [3.05, 3.63) is 34.9 Å². The number of hydrogen-bond acceptors (Lipinski definition) is 4. The molecule has 4 aliphatic rings. The Hall–Kier alpha value is -1.23. The fourth-order valence-corrected chi connectivity index (χ4v) is 7.67. The van der Waals surface area contributed by atoms with Gasteiger partial charge < -0.3 is 14.9 Å². The minimum absolute atomic E-state index is 0.128. The fourth-order valence-electron chi connectivity index (χ4n) is 7.67. The van der Waals surface area contributed by atoms with Crippen molar-refractivity contribution in [2.24, 2.45) is 40.4 Å². The Morgan fingerprint density at radius 2 is 1.79 bits per heavy atom. The Bertz CT molecular complexity index is 882. The van der Waals surface area contributed by atoms with Gasteiger partial charge in [0.15, 0.2) is 5.78 Å². The summed E-state index contributed by atoms with van der Waals surface area (Å²) >= 11 is 0. The Balaban J connectivity index is 1.76. The van der Waals surface area contributed by atoms with E-state index < -0.39 is 18.3 Å². The van der Waals surface area contributed by atoms with Crippen LogP contribution < -0.4 is 0 Å². The van der Waals surface area contributed by atoms with Crippen LogP contribution in [0.5, 0.6) is 0 Å². The molecule has 4 aliphatic carbocycles. The van der Waals surface area contributed by atoms with Gasteiger partial charge in [-0.15, -0.1) is 0 Å². The molecule has 0 amide bonds. The predicted octanol–water partition coefficient (Wildman–Crippen LogP) is 5.25. The molecule has 0 aromatic carbocycles. The van der Waals surface area contributed by atoms with Gasteiger partial charge in [-0.3, -0.25) is 4.79 Å². The molecule has 0 bridgehead atoms. The van der Waals surface area contributed by atoms with Crippen LogP contribution in [-0.4, -0.2) is 41.4 Å². The summed E-state index contributed by atoms with van der Waals surface area (Å²) in [4.78, 5) is 12.3. The number of aliphatic hydroxyl groups is 2. The van der Waals surface area contributed by atoms with E-state index in [1.165, 1.54) is 0 Å². The van der Waals surface area contributed by atoms with Crippen molar-refractivity contribution in [1.82, 2.24) is 0 Å². The van der Waals surface area contributed by atoms with Gasteiger partial charge in [-0.1, -0.05) is 53.7 Å². The van der Waals surface area contributed by atoms with Crippen molar-refractivity contribution in [3.8, 4) is 0 Å². The molecule has 0 radical (unpaired) electrons. The highest BCUT2D eigenvalue weighted by Gasteiger charge is 2.60. The molecule has 9 atom stereocenters. The molecular formula is C29H44O4. The molecule has 4 rings (SSSR count). The highest BCUT2D eigenvalue weighted by Crippen LogP contribution is 2.65. The number of carbonyl (C=O) groups excluding carboxylic acids is 1. The summed E-state index contributed by atoms with van der Waals surface area (Å²) in [6, 6.07) is 0. The molecule has 2 saturated carbocycles. The van der Waals surface area contributed by atoms with E-state index in [0.29, 0.717) is 30.1 Å². The Labute approximate surface area is 200 Å². The molecule has 0 aliphatic heterocycles. The summed E-state index contributed by atoms with van der Waals surface area (Å²) in [5, 5.41) is 23.0. The van der Waals surface area contributed by atoms with E-state index in [1.54, 1.807) is 13.2 Å². The average molecular weight is 457 g/mol. The first-order chi connectivity index (χ1) is 15.5. The standard InChI is InChI=1S/C29H44O4/c1-16(2)17(3)8-9-18(4)21-15-23(31)25-24-20(11-13-29(21,25)6)28(5)12-10-19(30)14-22(28)27(33-7)26(24)32/h8-9,14,16-18,20-21,23,26-27,31-32H,10-13,15H2,1-7H3/b9-8+/t17-,18+,20-,21+,23+,26-,27+,28+,29+/m0/s1. The van der Waals surface area contributed by atoms with Crippen LogP contribution in [0, 0.1) is 40.4 Å². The van der Waals surface area contributed by atoms with Crippen LogP contribution in [0.1, 0.15) is 73.6 Å². The van der Waals surface area contributed by atoms with Gasteiger partial charge in [0.05, 0.1) is 6.10 Å². The zero-order valence-electron chi connectivity index (χ0n) is 21.6. The zero-order chi connectivity index (χ0) is 24.3. The molecule has 0 saturated heterocycles. The molecule has 2 N–H and O–H groups in total. The van der Waals surface area contributed by atoms with Crippen LogP contribution in [0.3, 0.4) is 0 Å². The third kappa shape index (κ3) is 3.81. The third-order valence-corrected chi connectivity index (χ3v) is 10.1. The van der Waals surface area contributed by atoms with Gasteiger partial charge in [0.1, 0.15) is 12.2 Å². The van der Waals surface area contributed by atoms with E-state index in [0.717, 1.165) is 42.4 Å². The number of rotatable bonds is 5. The third-order valence-electron chi connectivity index (χ3n) is 10.1. The molecule has 4 heteroatoms. The van der Waals surface area contributed by atoms with E-state index in [-0.39, 0.29) is 22.5 Å². The number of aliphatic hydroxyl groups excluding tert-OH is 2. The van der Waals surface area contributed by atoms with Crippen LogP contribution in [0.4, 0.5) is 0 Å². The van der Waals surface area contributed by atoms with Gasteiger partial charge in [-0.25, -0.2) is 0 Å². The largest absolute Gasteiger partial charge is 0.389 e. The van der Waals surface area contributed by atoms with Crippen LogP contribution in [-0.2, 0) is 9.53 Å². The van der Waals surface area contributed by atoms with Crippen molar-refractivity contribution in [3.63, 3.8) is 0 Å². The summed E-state index contributed by atoms with van der Waals surface area (Å²) in [6.45, 7) is 13.6. The second-order valence-corrected chi connectivity index (χ2v) is 12.2. The number of carbonyl (C=O) groups is 1. The van der Waals surface area contributed by atoms with E-state index in [1.807, 2.05) is 0 Å². The predicted molar refractivity (Wildman–Crippen MR) is 132 cm³/mol. The number of ether oxygens (including phenoxy) is 1. The van der Waals surface area contributed by atoms with Gasteiger partial charge in [0.25, 0.3) is 0 Å². The number of allylic oxidation sites excluding steroid dienone is 3. The quantitative estimate of drug-likeness (QED) is 0.555. The fraction of sp³-hybridized carbons (Fsp3) is 0.759. The van der Waals surface area contributed by atoms with E-state index >= 15 is 0 Å². The number of hydrogen-bond donors (Lipinski definition) is 2. The van der Waals surface area contributed by atoms with Crippen molar-refractivity contribution in [2.45, 2.75) is 92.0 Å². The van der Waals surface area contributed by atoms with Crippen LogP contribution in [0.25, 0.3) is 0 Å². The lowest BCUT2D eigenvalue weighted by Gasteiger charge is -2.56. The second-order valence-electron chi connectivity index (χ2n) is 12.2. The van der Waals surface area contributed by atoms with Crippen molar-refractivity contribution < 1.29 is 19.7 Å². The van der Waals surface area contributed by atoms with Gasteiger partial charge in [-0.05, 0) is 88.9 Å². The first-order valence-electron chi connectivity index (χ1n) is 13.0. The highest BCUT2D eigenvalue weighted by atomic mass is 16.5. The monoisotopic (exact) mass is 456 g/mol. The molecule has 184 valence electrons. The lowest BCUT2D eigenvalue weighted by atomic mass is 9.50. The van der Waals surface area contributed by atoms with Crippen molar-refractivity contribution in [1.29, 1.82) is 0 Å². The second kappa shape index (κ2) is 8.77. The van der Waals surface area contributed by atoms with Crippen LogP contribution >= 0.6 is 0 Å². The summed E-state index contributed by atoms with van der Waals surface area (Å²) in [5.41, 5.74) is 2.72. The van der Waals surface area contributed by atoms with Crippen molar-refractivity contribution >= 4 is 5.78 Å². The molecule has 0 aromatic rings. The molecule has 0 spiro atoms. The minimum Gasteiger partial charge on any atom is -0.389 e. The Morgan fingerprint density at radius 3 is 2.42 bits per heavy atom. The lowest BCUT2D eigenvalue weighted by Crippen LogP contribution is -2.54. The average Bonchev–Trinajstić information content (AvgIpc) is 3.04. The van der Waals surface area contributed by atoms with Crippen LogP contribution in [0.2, 0.25) is 0 Å². The molecule has 0 heterocycles. The Kier molecular flexibility index (Phi) is 6.61. The summed E-state index contributed by atoms with van der Waals surface area (Å²) in [5.74, 6) is 2.13. The SMILES string of the molecule is CO[C@@H]1C2=CC(=O)CC[C@]2(C)[C@H]2CC[C@@]3(C)C(=C2[C@@H]1O)[C@H](O)C[C@@H]3[C@H](C)/C=C/[C@H](C)C(C)C. The van der Waals surface area contributed by atoms with E-state index in [9.17, 15) is 15.0 Å². The van der Waals surface area contributed by atoms with E-state index in [2.05, 4.69) is 53.7 Å². The highest BCUT2D eigenvalue weighted by molar-refractivity contribution is 5.92. The molecule has 2 fully saturated rings. The van der Waals surface area contributed by atoms with Gasteiger partial charge in [-0.2, -0.15) is 0 Å². The lowest BCUT2D eigenvalue weighted by molar-refractivity contribution is -0.117. The topological polar surface area (TPSA) is 66.8 Å². The molecule has 33 heavy (non-hydrogen) atoms. The normalized spacial score (nSPS) is 42.8. The first-order valence-corrected chi connectivity index (χ1v) is 13.0. The van der Waals surface area contributed by atoms with Crippen molar-refractivity contribution in [2.75, 3.05) is 7.11 Å². The molecule has 4 nitrogen and oxygen atoms in total. The number of ketones is 1. The number of methoxy groups -OCH3 is 1. The zero-order valence-corrected chi connectivity index (χ0v) is 21.6. The maximum absolute atomic E-state index is 12.3. The van der Waals surface area contributed by atoms with Gasteiger partial charge in [0, 0.05) is 13.5 Å². The number of fused-ring (bicyclic) bond motifs is 4. The minimum atomic E-state index is -0.805. The first kappa shape index (κ1) is 24.9. The molecule has 0 aromatic heterocycles. The summed E-state index contributed by atoms with van der Waals surface area (Å²) in [7, 11) is 1.62. The van der Waals surface area contributed by atoms with E-state index in [4.69, 9.17) is 4.74 Å². The maximum Gasteiger partial charge on any atom is 0.155 e. The maximum atomic E-state index is 12.3. The smallest absolute Gasteiger partial charge is 0.155 e. The molecule has 0 unspecified atom stereocenters. The Morgan fingerprint density at radius 1 is 1.09 bits per heavy atom. The summed E-state index contributed by atoms with van der Waals surface area (Å²) < 4.78 is 5.82. The summed E-state index contributed by atoms with van der Waals surface area (Å²) in [6.07, 6.45) is 8.66. The van der Waals surface area contributed by atoms with Gasteiger partial charge >= 0.3 is 0 Å². The van der Waals surface area contributed by atoms with Gasteiger partial charge in [0.2, 0.25) is 0 Å².